The second kappa shape index (κ2) is 8.99. The quantitative estimate of drug-likeness (QED) is 0.233. The van der Waals surface area contributed by atoms with Crippen LogP contribution in [0.4, 0.5) is 0 Å². The summed E-state index contributed by atoms with van der Waals surface area (Å²) >= 11 is 0. The van der Waals surface area contributed by atoms with Crippen LogP contribution in [-0.2, 0) is 0 Å². The van der Waals surface area contributed by atoms with E-state index in [0.717, 1.165) is 44.2 Å². The molecule has 0 fully saturated rings. The highest BCUT2D eigenvalue weighted by Crippen LogP contribution is 2.37. The molecule has 0 radical (unpaired) electrons. The number of hydrogen-bond acceptors (Lipinski definition) is 6. The van der Waals surface area contributed by atoms with Gasteiger partial charge in [-0.2, -0.15) is 0 Å². The molecular formula is C34H20N4O2. The number of oxazole rings is 1. The van der Waals surface area contributed by atoms with E-state index < -0.39 is 0 Å². The second-order valence-corrected chi connectivity index (χ2v) is 9.49. The van der Waals surface area contributed by atoms with Crippen molar-refractivity contribution < 1.29 is 8.83 Å². The van der Waals surface area contributed by atoms with E-state index in [9.17, 15) is 0 Å². The Morgan fingerprint density at radius 2 is 1.00 bits per heavy atom. The fourth-order valence-corrected chi connectivity index (χ4v) is 5.13. The first-order chi connectivity index (χ1) is 19.8. The van der Waals surface area contributed by atoms with Crippen LogP contribution in [0.2, 0.25) is 0 Å². The van der Waals surface area contributed by atoms with Crippen molar-refractivity contribution in [3.8, 4) is 45.6 Å². The zero-order chi connectivity index (χ0) is 26.5. The minimum absolute atomic E-state index is 0.521. The van der Waals surface area contributed by atoms with E-state index in [1.165, 1.54) is 0 Å². The molecule has 188 valence electrons. The van der Waals surface area contributed by atoms with Gasteiger partial charge in [-0.1, -0.05) is 84.9 Å². The fourth-order valence-electron chi connectivity index (χ4n) is 5.13. The Morgan fingerprint density at radius 3 is 1.80 bits per heavy atom. The molecule has 8 rings (SSSR count). The lowest BCUT2D eigenvalue weighted by molar-refractivity contribution is 0.620. The highest BCUT2D eigenvalue weighted by Gasteiger charge is 2.20. The molecule has 6 nitrogen and oxygen atoms in total. The fraction of sp³-hybridized carbons (Fsp3) is 0. The maximum absolute atomic E-state index is 6.15. The molecule has 0 saturated carbocycles. The summed E-state index contributed by atoms with van der Waals surface area (Å²) in [5.41, 5.74) is 6.43. The summed E-state index contributed by atoms with van der Waals surface area (Å²) < 4.78 is 12.3. The summed E-state index contributed by atoms with van der Waals surface area (Å²) in [5, 5.41) is 1.99. The minimum Gasteiger partial charge on any atom is -0.456 e. The average Bonchev–Trinajstić information content (AvgIpc) is 3.64. The van der Waals surface area contributed by atoms with Gasteiger partial charge in [-0.05, 0) is 36.4 Å². The van der Waals surface area contributed by atoms with E-state index >= 15 is 0 Å². The lowest BCUT2D eigenvalue weighted by Crippen LogP contribution is -2.00. The molecule has 5 aromatic carbocycles. The molecule has 0 aliphatic heterocycles. The van der Waals surface area contributed by atoms with Crippen molar-refractivity contribution >= 4 is 33.0 Å². The van der Waals surface area contributed by atoms with Crippen molar-refractivity contribution in [3.63, 3.8) is 0 Å². The number of fused-ring (bicyclic) bond motifs is 4. The van der Waals surface area contributed by atoms with E-state index in [-0.39, 0.29) is 0 Å². The van der Waals surface area contributed by atoms with Crippen molar-refractivity contribution in [1.82, 2.24) is 19.9 Å². The van der Waals surface area contributed by atoms with Gasteiger partial charge in [-0.15, -0.1) is 0 Å². The van der Waals surface area contributed by atoms with Crippen molar-refractivity contribution in [3.05, 3.63) is 121 Å². The van der Waals surface area contributed by atoms with Crippen LogP contribution < -0.4 is 0 Å². The highest BCUT2D eigenvalue weighted by atomic mass is 16.3. The van der Waals surface area contributed by atoms with Gasteiger partial charge in [0.1, 0.15) is 16.7 Å². The third kappa shape index (κ3) is 3.66. The minimum atomic E-state index is 0.521. The maximum atomic E-state index is 6.15. The van der Waals surface area contributed by atoms with Gasteiger partial charge >= 0.3 is 0 Å². The van der Waals surface area contributed by atoms with Gasteiger partial charge in [0, 0.05) is 33.0 Å². The van der Waals surface area contributed by atoms with Gasteiger partial charge in [0.05, 0.1) is 0 Å². The van der Waals surface area contributed by atoms with Crippen LogP contribution in [0.15, 0.2) is 130 Å². The van der Waals surface area contributed by atoms with Gasteiger partial charge in [-0.25, -0.2) is 19.9 Å². The van der Waals surface area contributed by atoms with E-state index in [0.29, 0.717) is 34.5 Å². The molecule has 0 amide bonds. The molecule has 0 bridgehead atoms. The van der Waals surface area contributed by atoms with Crippen LogP contribution in [0.3, 0.4) is 0 Å². The summed E-state index contributed by atoms with van der Waals surface area (Å²) in [6.45, 7) is 0. The monoisotopic (exact) mass is 516 g/mol. The maximum Gasteiger partial charge on any atom is 0.227 e. The molecule has 3 heterocycles. The van der Waals surface area contributed by atoms with Crippen molar-refractivity contribution in [2.45, 2.75) is 0 Å². The summed E-state index contributed by atoms with van der Waals surface area (Å²) in [6, 6.07) is 39.6. The van der Waals surface area contributed by atoms with E-state index in [1.54, 1.807) is 0 Å². The first kappa shape index (κ1) is 22.4. The third-order valence-electron chi connectivity index (χ3n) is 6.99. The molecule has 6 heteroatoms. The normalized spacial score (nSPS) is 11.5. The number of furan rings is 1. The van der Waals surface area contributed by atoms with Gasteiger partial charge in [0.2, 0.25) is 5.89 Å². The van der Waals surface area contributed by atoms with Gasteiger partial charge in [-0.3, -0.25) is 0 Å². The third-order valence-corrected chi connectivity index (χ3v) is 6.99. The standard InChI is InChI=1S/C34H20N4O2/c1-3-11-21(12-4-1)31-36-32(24-16-9-19-27-29(24)23-15-7-8-18-26(23)39-27)38-33(37-31)25-17-10-20-28-30(25)35-34(40-28)22-13-5-2-6-14-22/h1-20H. The molecule has 0 spiro atoms. The number of para-hydroxylation sites is 2. The molecule has 0 aliphatic carbocycles. The molecule has 0 N–H and O–H groups in total. The summed E-state index contributed by atoms with van der Waals surface area (Å²) in [7, 11) is 0. The van der Waals surface area contributed by atoms with Gasteiger partial charge in [0.15, 0.2) is 23.1 Å². The Labute approximate surface area is 228 Å². The summed E-state index contributed by atoms with van der Waals surface area (Å²) in [5.74, 6) is 2.21. The molecule has 3 aromatic heterocycles. The van der Waals surface area contributed by atoms with Gasteiger partial charge in [0.25, 0.3) is 0 Å². The molecule has 8 aromatic rings. The summed E-state index contributed by atoms with van der Waals surface area (Å²) in [6.07, 6.45) is 0. The molecule has 0 unspecified atom stereocenters. The molecule has 0 atom stereocenters. The van der Waals surface area contributed by atoms with Crippen molar-refractivity contribution in [2.75, 3.05) is 0 Å². The number of nitrogens with zero attached hydrogens (tertiary/aromatic N) is 4. The van der Waals surface area contributed by atoms with Crippen molar-refractivity contribution in [2.24, 2.45) is 0 Å². The van der Waals surface area contributed by atoms with Crippen molar-refractivity contribution in [1.29, 1.82) is 0 Å². The van der Waals surface area contributed by atoms with Crippen LogP contribution in [0.5, 0.6) is 0 Å². The van der Waals surface area contributed by atoms with E-state index in [1.807, 2.05) is 115 Å². The predicted molar refractivity (Wildman–Crippen MR) is 156 cm³/mol. The first-order valence-corrected chi connectivity index (χ1v) is 13.0. The van der Waals surface area contributed by atoms with E-state index in [2.05, 4.69) is 6.07 Å². The summed E-state index contributed by atoms with van der Waals surface area (Å²) in [4.78, 5) is 19.8. The number of rotatable bonds is 4. The van der Waals surface area contributed by atoms with Crippen LogP contribution in [-0.4, -0.2) is 19.9 Å². The lowest BCUT2D eigenvalue weighted by Gasteiger charge is -2.09. The van der Waals surface area contributed by atoms with Gasteiger partial charge < -0.3 is 8.83 Å². The Bertz CT molecular complexity index is 2170. The van der Waals surface area contributed by atoms with Crippen LogP contribution in [0.25, 0.3) is 78.7 Å². The van der Waals surface area contributed by atoms with Crippen LogP contribution in [0, 0.1) is 0 Å². The zero-order valence-electron chi connectivity index (χ0n) is 21.2. The molecular weight excluding hydrogens is 496 g/mol. The molecule has 0 saturated heterocycles. The highest BCUT2D eigenvalue weighted by molar-refractivity contribution is 6.11. The zero-order valence-corrected chi connectivity index (χ0v) is 21.2. The molecule has 40 heavy (non-hydrogen) atoms. The Balaban J connectivity index is 1.39. The number of aromatic nitrogens is 4. The lowest BCUT2D eigenvalue weighted by atomic mass is 10.1. The smallest absolute Gasteiger partial charge is 0.227 e. The largest absolute Gasteiger partial charge is 0.456 e. The Hall–Kier alpha value is -5.62. The van der Waals surface area contributed by atoms with Crippen LogP contribution in [0.1, 0.15) is 0 Å². The predicted octanol–water partition coefficient (Wildman–Crippen LogP) is 8.58. The van der Waals surface area contributed by atoms with Crippen LogP contribution >= 0.6 is 0 Å². The molecule has 0 aliphatic rings. The Morgan fingerprint density at radius 1 is 0.400 bits per heavy atom. The Kier molecular flexibility index (Phi) is 5.03. The topological polar surface area (TPSA) is 77.8 Å². The number of benzene rings is 5. The average molecular weight is 517 g/mol. The second-order valence-electron chi connectivity index (χ2n) is 9.49. The number of hydrogen-bond donors (Lipinski definition) is 0. The SMILES string of the molecule is c1ccc(-c2nc(-c3cccc4oc(-c5ccccc5)nc34)nc(-c3cccc4oc5ccccc5c34)n2)cc1. The van der Waals surface area contributed by atoms with E-state index in [4.69, 9.17) is 28.8 Å². The first-order valence-electron chi connectivity index (χ1n) is 13.0.